The zero-order valence-electron chi connectivity index (χ0n) is 18.3. The number of alkyl halides is 1. The van der Waals surface area contributed by atoms with Crippen molar-refractivity contribution >= 4 is 26.4 Å². The molecule has 2 fully saturated rings. The van der Waals surface area contributed by atoms with Crippen molar-refractivity contribution in [1.29, 1.82) is 0 Å². The van der Waals surface area contributed by atoms with E-state index in [9.17, 15) is 4.39 Å². The molecule has 3 rings (SSSR count). The topological polar surface area (TPSA) is 36.9 Å². The van der Waals surface area contributed by atoms with Gasteiger partial charge in [-0.25, -0.2) is 4.39 Å². The van der Waals surface area contributed by atoms with Crippen molar-refractivity contribution in [2.24, 2.45) is 0 Å². The Hall–Kier alpha value is -0.590. The Labute approximate surface area is 174 Å². The van der Waals surface area contributed by atoms with E-state index in [0.717, 1.165) is 5.56 Å². The standard InChI is InChI=1S/C14H19BClFO2.C6H13BO2/c1-13(2)14(3,4)19-15(18-13)12(16)9-10-5-7-11(17)8-6-10;1-5(2)6(3,4)9-7-8-5/h5-8,12H,9H2,1-4H3;7H,1-4H3/t12-;/m1./s1. The van der Waals surface area contributed by atoms with Crippen molar-refractivity contribution in [2.45, 2.75) is 89.5 Å². The van der Waals surface area contributed by atoms with Gasteiger partial charge in [0, 0.05) is 0 Å². The molecule has 0 N–H and O–H groups in total. The van der Waals surface area contributed by atoms with Crippen LogP contribution in [0.3, 0.4) is 0 Å². The molecule has 1 aromatic rings. The van der Waals surface area contributed by atoms with Crippen LogP contribution in [0.15, 0.2) is 24.3 Å². The average Bonchev–Trinajstić information content (AvgIpc) is 2.92. The van der Waals surface area contributed by atoms with E-state index in [1.807, 2.05) is 55.4 Å². The quantitative estimate of drug-likeness (QED) is 0.542. The Balaban J connectivity index is 0.000000261. The van der Waals surface area contributed by atoms with Crippen LogP contribution in [-0.2, 0) is 25.0 Å². The van der Waals surface area contributed by atoms with Crippen LogP contribution in [0.2, 0.25) is 0 Å². The molecule has 2 heterocycles. The Morgan fingerprint density at radius 2 is 1.29 bits per heavy atom. The molecule has 0 unspecified atom stereocenters. The van der Waals surface area contributed by atoms with Crippen molar-refractivity contribution in [3.05, 3.63) is 35.6 Å². The highest BCUT2D eigenvalue weighted by Gasteiger charge is 2.53. The molecule has 2 saturated heterocycles. The van der Waals surface area contributed by atoms with Crippen LogP contribution in [0.25, 0.3) is 0 Å². The predicted octanol–water partition coefficient (Wildman–Crippen LogP) is 4.46. The molecule has 0 aliphatic carbocycles. The lowest BCUT2D eigenvalue weighted by molar-refractivity contribution is 0.00578. The molecule has 0 spiro atoms. The third-order valence-electron chi connectivity index (χ3n) is 6.20. The smallest absolute Gasteiger partial charge is 0.406 e. The molecule has 0 aromatic heterocycles. The van der Waals surface area contributed by atoms with E-state index in [4.69, 9.17) is 30.2 Å². The first kappa shape index (κ1) is 23.7. The largest absolute Gasteiger partial charge is 0.477 e. The van der Waals surface area contributed by atoms with Crippen molar-refractivity contribution < 1.29 is 23.0 Å². The summed E-state index contributed by atoms with van der Waals surface area (Å²) < 4.78 is 35.3. The lowest BCUT2D eigenvalue weighted by atomic mass is 9.80. The van der Waals surface area contributed by atoms with Crippen LogP contribution in [-0.4, -0.2) is 42.5 Å². The zero-order chi connectivity index (χ0) is 21.4. The number of hydrogen-bond acceptors (Lipinski definition) is 4. The Morgan fingerprint density at radius 1 is 0.857 bits per heavy atom. The molecule has 28 heavy (non-hydrogen) atoms. The molecule has 4 nitrogen and oxygen atoms in total. The van der Waals surface area contributed by atoms with Gasteiger partial charge >= 0.3 is 14.8 Å². The number of hydrogen-bond donors (Lipinski definition) is 0. The van der Waals surface area contributed by atoms with Gasteiger partial charge in [0.25, 0.3) is 0 Å². The fraction of sp³-hybridized carbons (Fsp3) is 0.700. The molecule has 156 valence electrons. The molecule has 0 radical (unpaired) electrons. The summed E-state index contributed by atoms with van der Waals surface area (Å²) in [5, 5.41) is -0.300. The minimum absolute atomic E-state index is 0.132. The SMILES string of the molecule is CC1(C)OB([C@H](Cl)Cc2ccc(F)cc2)OC1(C)C.CC1(C)OBOC1(C)C. The third kappa shape index (κ3) is 5.31. The summed E-state index contributed by atoms with van der Waals surface area (Å²) in [7, 11) is -0.0169. The maximum Gasteiger partial charge on any atom is 0.477 e. The molecule has 1 atom stereocenters. The lowest BCUT2D eigenvalue weighted by Gasteiger charge is -2.32. The van der Waals surface area contributed by atoms with E-state index in [-0.39, 0.29) is 33.5 Å². The highest BCUT2D eigenvalue weighted by Crippen LogP contribution is 2.38. The fourth-order valence-electron chi connectivity index (χ4n) is 2.65. The van der Waals surface area contributed by atoms with Crippen LogP contribution >= 0.6 is 11.6 Å². The monoisotopic (exact) mass is 412 g/mol. The second kappa shape index (κ2) is 8.27. The van der Waals surface area contributed by atoms with Gasteiger partial charge in [0.1, 0.15) is 5.82 Å². The van der Waals surface area contributed by atoms with Crippen LogP contribution < -0.4 is 0 Å². The summed E-state index contributed by atoms with van der Waals surface area (Å²) in [6, 6.07) is 6.33. The first-order chi connectivity index (χ1) is 12.7. The molecule has 0 amide bonds. The molecule has 2 aliphatic rings. The number of halogens is 2. The van der Waals surface area contributed by atoms with E-state index in [1.165, 1.54) is 12.1 Å². The van der Waals surface area contributed by atoms with E-state index in [0.29, 0.717) is 14.1 Å². The summed E-state index contributed by atoms with van der Waals surface area (Å²) in [6.45, 7) is 16.1. The van der Waals surface area contributed by atoms with Crippen molar-refractivity contribution in [1.82, 2.24) is 0 Å². The fourth-order valence-corrected chi connectivity index (χ4v) is 2.93. The van der Waals surface area contributed by atoms with E-state index >= 15 is 0 Å². The van der Waals surface area contributed by atoms with E-state index in [1.54, 1.807) is 12.1 Å². The summed E-state index contributed by atoms with van der Waals surface area (Å²) in [6.07, 6.45) is 0.582. The summed E-state index contributed by atoms with van der Waals surface area (Å²) in [5.41, 5.74) is -0.0580. The normalized spacial score (nSPS) is 24.9. The van der Waals surface area contributed by atoms with Crippen molar-refractivity contribution in [2.75, 3.05) is 0 Å². The van der Waals surface area contributed by atoms with Crippen LogP contribution in [0.4, 0.5) is 4.39 Å². The Morgan fingerprint density at radius 3 is 1.64 bits per heavy atom. The van der Waals surface area contributed by atoms with Gasteiger partial charge in [0.2, 0.25) is 0 Å². The lowest BCUT2D eigenvalue weighted by Crippen LogP contribution is -2.41. The highest BCUT2D eigenvalue weighted by atomic mass is 35.5. The summed E-state index contributed by atoms with van der Waals surface area (Å²) in [4.78, 5) is 0. The van der Waals surface area contributed by atoms with Gasteiger partial charge in [-0.1, -0.05) is 12.1 Å². The minimum atomic E-state index is -0.447. The van der Waals surface area contributed by atoms with Gasteiger partial charge in [-0.3, -0.25) is 0 Å². The molecular weight excluding hydrogens is 380 g/mol. The first-order valence-electron chi connectivity index (χ1n) is 9.69. The number of rotatable bonds is 3. The van der Waals surface area contributed by atoms with E-state index < -0.39 is 7.12 Å². The molecular formula is C20H32B2ClFO4. The average molecular weight is 413 g/mol. The molecule has 8 heteroatoms. The Bertz CT molecular complexity index is 635. The molecule has 2 aliphatic heterocycles. The summed E-state index contributed by atoms with van der Waals surface area (Å²) in [5.74, 6) is -0.245. The second-order valence-corrected chi connectivity index (χ2v) is 9.96. The summed E-state index contributed by atoms with van der Waals surface area (Å²) >= 11 is 6.37. The minimum Gasteiger partial charge on any atom is -0.406 e. The zero-order valence-corrected chi connectivity index (χ0v) is 19.0. The van der Waals surface area contributed by atoms with Gasteiger partial charge in [-0.2, -0.15) is 0 Å². The van der Waals surface area contributed by atoms with Crippen molar-refractivity contribution in [3.63, 3.8) is 0 Å². The maximum absolute atomic E-state index is 12.8. The van der Waals surface area contributed by atoms with Gasteiger partial charge in [-0.15, -0.1) is 11.6 Å². The van der Waals surface area contributed by atoms with E-state index in [2.05, 4.69) is 0 Å². The van der Waals surface area contributed by atoms with Gasteiger partial charge in [0.05, 0.1) is 27.7 Å². The van der Waals surface area contributed by atoms with Crippen LogP contribution in [0.5, 0.6) is 0 Å². The van der Waals surface area contributed by atoms with Gasteiger partial charge in [-0.05, 0) is 79.5 Å². The number of benzene rings is 1. The van der Waals surface area contributed by atoms with Crippen LogP contribution in [0, 0.1) is 5.82 Å². The first-order valence-corrected chi connectivity index (χ1v) is 10.1. The van der Waals surface area contributed by atoms with Gasteiger partial charge < -0.3 is 18.6 Å². The third-order valence-corrected chi connectivity index (χ3v) is 6.56. The molecule has 0 bridgehead atoms. The molecule has 0 saturated carbocycles. The second-order valence-electron chi connectivity index (χ2n) is 9.40. The van der Waals surface area contributed by atoms with Gasteiger partial charge in [0.15, 0.2) is 0 Å². The molecule has 1 aromatic carbocycles. The predicted molar refractivity (Wildman–Crippen MR) is 113 cm³/mol. The van der Waals surface area contributed by atoms with Crippen molar-refractivity contribution in [3.8, 4) is 0 Å². The van der Waals surface area contributed by atoms with Crippen LogP contribution in [0.1, 0.15) is 61.0 Å². The maximum atomic E-state index is 12.8. The Kier molecular flexibility index (Phi) is 7.00. The highest BCUT2D eigenvalue weighted by molar-refractivity contribution is 6.60.